The minimum atomic E-state index is -1.46. The Morgan fingerprint density at radius 1 is 1.36 bits per heavy atom. The van der Waals surface area contributed by atoms with Gasteiger partial charge in [-0.3, -0.25) is 4.79 Å². The predicted molar refractivity (Wildman–Crippen MR) is 88.3 cm³/mol. The first-order valence-corrected chi connectivity index (χ1v) is 6.49. The van der Waals surface area contributed by atoms with Crippen molar-refractivity contribution in [3.8, 4) is 0 Å². The van der Waals surface area contributed by atoms with E-state index in [1.54, 1.807) is 14.2 Å². The number of methoxy groups -OCH3 is 1. The molecule has 0 aliphatic carbocycles. The molecule has 1 aromatic carbocycles. The third kappa shape index (κ3) is 8.77. The van der Waals surface area contributed by atoms with E-state index in [4.69, 9.17) is 24.2 Å². The average Bonchev–Trinajstić information content (AvgIpc) is 2.53. The second-order valence-corrected chi connectivity index (χ2v) is 4.40. The molecule has 0 spiro atoms. The highest BCUT2D eigenvalue weighted by Gasteiger charge is 2.21. The smallest absolute Gasteiger partial charge is 0.257 e. The summed E-state index contributed by atoms with van der Waals surface area (Å²) in [6.45, 7) is 1.80. The first kappa shape index (κ1) is 24.7. The van der Waals surface area contributed by atoms with Crippen molar-refractivity contribution in [1.29, 1.82) is 0 Å². The van der Waals surface area contributed by atoms with Gasteiger partial charge >= 0.3 is 0 Å². The first-order chi connectivity index (χ1) is 11.6. The Hall–Kier alpha value is -2.53. The van der Waals surface area contributed by atoms with Gasteiger partial charge in [0.2, 0.25) is 0 Å². The average molecular weight is 360 g/mol. The number of nitrogens with zero attached hydrogens (tertiary/aromatic N) is 1. The van der Waals surface area contributed by atoms with Gasteiger partial charge in [-0.25, -0.2) is 19.0 Å². The van der Waals surface area contributed by atoms with Crippen LogP contribution in [0.15, 0.2) is 18.0 Å². The highest BCUT2D eigenvalue weighted by molar-refractivity contribution is 6.33. The van der Waals surface area contributed by atoms with Gasteiger partial charge in [0.05, 0.1) is 6.54 Å². The van der Waals surface area contributed by atoms with Crippen molar-refractivity contribution in [2.75, 3.05) is 27.8 Å². The lowest BCUT2D eigenvalue weighted by atomic mass is 9.92. The fraction of sp³-hybridized carbons (Fsp3) is 0.286. The molecule has 0 aromatic heterocycles. The van der Waals surface area contributed by atoms with E-state index < -0.39 is 34.4 Å². The van der Waals surface area contributed by atoms with E-state index in [9.17, 15) is 18.0 Å². The Morgan fingerprint density at radius 3 is 2.28 bits per heavy atom. The number of amides is 1. The Morgan fingerprint density at radius 2 is 1.84 bits per heavy atom. The molecule has 1 amide bonds. The molecule has 0 saturated carbocycles. The lowest BCUT2D eigenvalue weighted by Gasteiger charge is -2.11. The van der Waals surface area contributed by atoms with Crippen molar-refractivity contribution in [3.63, 3.8) is 0 Å². The SMILES string of the molecule is C=O.COC.[B]c1c(F)cc(F)c(C(=O)NC/C(N)=C/N(C)N)c1F. The minimum absolute atomic E-state index is 0.152. The summed E-state index contributed by atoms with van der Waals surface area (Å²) in [6.07, 6.45) is 1.30. The molecule has 5 N–H and O–H groups in total. The van der Waals surface area contributed by atoms with Crippen molar-refractivity contribution in [2.45, 2.75) is 0 Å². The van der Waals surface area contributed by atoms with E-state index in [1.807, 2.05) is 6.79 Å². The van der Waals surface area contributed by atoms with Crippen LogP contribution in [0.4, 0.5) is 13.2 Å². The molecule has 1 rings (SSSR count). The highest BCUT2D eigenvalue weighted by atomic mass is 19.1. The molecule has 0 fully saturated rings. The summed E-state index contributed by atoms with van der Waals surface area (Å²) >= 11 is 0. The van der Waals surface area contributed by atoms with E-state index in [-0.39, 0.29) is 12.2 Å². The van der Waals surface area contributed by atoms with Gasteiger partial charge in [0, 0.05) is 39.2 Å². The van der Waals surface area contributed by atoms with E-state index in [0.29, 0.717) is 6.07 Å². The fourth-order valence-electron chi connectivity index (χ4n) is 1.39. The zero-order valence-corrected chi connectivity index (χ0v) is 14.1. The molecule has 1 aromatic rings. The molecular weight excluding hydrogens is 340 g/mol. The second-order valence-electron chi connectivity index (χ2n) is 4.40. The van der Waals surface area contributed by atoms with Crippen molar-refractivity contribution < 1.29 is 27.5 Å². The van der Waals surface area contributed by atoms with Crippen molar-refractivity contribution in [2.24, 2.45) is 11.6 Å². The van der Waals surface area contributed by atoms with E-state index in [1.165, 1.54) is 13.2 Å². The van der Waals surface area contributed by atoms with E-state index >= 15 is 0 Å². The number of ether oxygens (including phenoxy) is 1. The maximum atomic E-state index is 13.6. The molecule has 0 atom stereocenters. The van der Waals surface area contributed by atoms with Crippen molar-refractivity contribution >= 4 is 26.0 Å². The van der Waals surface area contributed by atoms with E-state index in [2.05, 4.69) is 10.1 Å². The molecule has 0 bridgehead atoms. The second kappa shape index (κ2) is 12.8. The molecule has 138 valence electrons. The Balaban J connectivity index is 0. The maximum Gasteiger partial charge on any atom is 0.257 e. The lowest BCUT2D eigenvalue weighted by Crippen LogP contribution is -2.33. The summed E-state index contributed by atoms with van der Waals surface area (Å²) < 4.78 is 44.2. The van der Waals surface area contributed by atoms with Crippen LogP contribution in [0.25, 0.3) is 0 Å². The number of nitrogens with two attached hydrogens (primary N) is 2. The zero-order valence-electron chi connectivity index (χ0n) is 14.1. The van der Waals surface area contributed by atoms with Crippen LogP contribution in [-0.2, 0) is 9.53 Å². The van der Waals surface area contributed by atoms with Crippen LogP contribution in [0.3, 0.4) is 0 Å². The number of hydrazine groups is 1. The van der Waals surface area contributed by atoms with Crippen LogP contribution in [0, 0.1) is 17.5 Å². The van der Waals surface area contributed by atoms with Gasteiger partial charge in [-0.1, -0.05) is 0 Å². The number of benzene rings is 1. The maximum absolute atomic E-state index is 13.6. The number of carbonyl (C=O) groups excluding carboxylic acids is 2. The van der Waals surface area contributed by atoms with Gasteiger partial charge in [0.25, 0.3) is 5.91 Å². The molecule has 0 aliphatic heterocycles. The van der Waals surface area contributed by atoms with Crippen LogP contribution in [0.2, 0.25) is 0 Å². The molecular formula is C14H20BF3N4O3. The molecule has 11 heteroatoms. The summed E-state index contributed by atoms with van der Waals surface area (Å²) in [5.41, 5.74) is 3.73. The van der Waals surface area contributed by atoms with Crippen LogP contribution in [0.1, 0.15) is 10.4 Å². The fourth-order valence-corrected chi connectivity index (χ4v) is 1.39. The molecule has 25 heavy (non-hydrogen) atoms. The van der Waals surface area contributed by atoms with Gasteiger partial charge in [0.15, 0.2) is 0 Å². The summed E-state index contributed by atoms with van der Waals surface area (Å²) in [5, 5.41) is 3.30. The quantitative estimate of drug-likeness (QED) is 0.373. The third-order valence-corrected chi connectivity index (χ3v) is 2.26. The standard InChI is InChI=1S/C11H12BF3N4O.C2H6O.CH2O/c1-19(17)4-5(16)3-18-11(20)8-6(13)2-7(14)9(12)10(8)15;1-3-2;1-2/h2,4H,3,16-17H2,1H3,(H,18,20);1-2H3;1H2/b5-4-;;. The largest absolute Gasteiger partial charge is 0.399 e. The topological polar surface area (TPSA) is 111 Å². The van der Waals surface area contributed by atoms with Crippen molar-refractivity contribution in [1.82, 2.24) is 10.3 Å². The minimum Gasteiger partial charge on any atom is -0.399 e. The molecule has 0 heterocycles. The predicted octanol–water partition coefficient (Wildman–Crippen LogP) is -0.689. The number of hydrogen-bond acceptors (Lipinski definition) is 6. The first-order valence-electron chi connectivity index (χ1n) is 6.49. The Kier molecular flexibility index (Phi) is 12.7. The summed E-state index contributed by atoms with van der Waals surface area (Å²) in [4.78, 5) is 19.6. The molecule has 2 radical (unpaired) electrons. The molecule has 0 saturated heterocycles. The summed E-state index contributed by atoms with van der Waals surface area (Å²) in [6, 6.07) is 0.334. The number of rotatable bonds is 4. The third-order valence-electron chi connectivity index (χ3n) is 2.26. The van der Waals surface area contributed by atoms with Crippen LogP contribution in [0.5, 0.6) is 0 Å². The monoisotopic (exact) mass is 360 g/mol. The van der Waals surface area contributed by atoms with E-state index in [0.717, 1.165) is 5.01 Å². The zero-order chi connectivity index (χ0) is 20.2. The number of hydrogen-bond donors (Lipinski definition) is 3. The Labute approximate surface area is 145 Å². The van der Waals surface area contributed by atoms with Gasteiger partial charge in [-0.15, -0.1) is 0 Å². The van der Waals surface area contributed by atoms with Crippen molar-refractivity contribution in [3.05, 3.63) is 41.0 Å². The van der Waals surface area contributed by atoms with Gasteiger partial charge in [-0.2, -0.15) is 0 Å². The normalized spacial score (nSPS) is 9.96. The molecule has 0 unspecified atom stereocenters. The van der Waals surface area contributed by atoms with Gasteiger partial charge in [0.1, 0.15) is 37.7 Å². The van der Waals surface area contributed by atoms with Crippen LogP contribution >= 0.6 is 0 Å². The highest BCUT2D eigenvalue weighted by Crippen LogP contribution is 2.12. The lowest BCUT2D eigenvalue weighted by molar-refractivity contribution is -0.0980. The summed E-state index contributed by atoms with van der Waals surface area (Å²) in [5.74, 6) is 0.0799. The molecule has 7 nitrogen and oxygen atoms in total. The van der Waals surface area contributed by atoms with Gasteiger partial charge < -0.3 is 25.6 Å². The van der Waals surface area contributed by atoms with Crippen LogP contribution < -0.4 is 22.4 Å². The number of nitrogens with one attached hydrogen (secondary N) is 1. The van der Waals surface area contributed by atoms with Gasteiger partial charge in [-0.05, 0) is 5.46 Å². The van der Waals surface area contributed by atoms with Crippen LogP contribution in [-0.4, -0.2) is 53.4 Å². The number of carbonyl (C=O) groups is 2. The number of halogens is 3. The Bertz CT molecular complexity index is 601. The summed E-state index contributed by atoms with van der Waals surface area (Å²) in [7, 11) is 9.80. The molecule has 0 aliphatic rings.